The van der Waals surface area contributed by atoms with Crippen molar-refractivity contribution in [3.05, 3.63) is 314 Å². The summed E-state index contributed by atoms with van der Waals surface area (Å²) in [5.74, 6) is 2.09. The zero-order chi connectivity index (χ0) is 65.0. The lowest BCUT2D eigenvalue weighted by molar-refractivity contribution is 0.486. The van der Waals surface area contributed by atoms with Gasteiger partial charge in [-0.1, -0.05) is 240 Å². The molecule has 20 rings (SSSR count). The van der Waals surface area contributed by atoms with E-state index < -0.39 is 0 Å². The molecule has 2 aromatic heterocycles. The fourth-order valence-electron chi connectivity index (χ4n) is 16.8. The lowest BCUT2D eigenvalue weighted by Crippen LogP contribution is -2.64. The Hall–Kier alpha value is -12.0. The van der Waals surface area contributed by atoms with Gasteiger partial charge in [-0.25, -0.2) is 0 Å². The van der Waals surface area contributed by atoms with Crippen molar-refractivity contribution in [3.63, 3.8) is 0 Å². The Balaban J connectivity index is 0.900. The lowest BCUT2D eigenvalue weighted by Gasteiger charge is -2.46. The highest BCUT2D eigenvalue weighted by molar-refractivity contribution is 7.02. The number of hydrogen-bond donors (Lipinski definition) is 0. The van der Waals surface area contributed by atoms with Gasteiger partial charge in [0, 0.05) is 84.2 Å². The quantitative estimate of drug-likeness (QED) is 0.135. The average molecular weight is 1260 g/mol. The fraction of sp³-hybridized carbons (Fsp3) is 0.0667. The predicted octanol–water partition coefficient (Wildman–Crippen LogP) is 20.4. The SMILES string of the molecule is CC(C)c1cc2c3c(c1)N(c1cccc4c1oc1ccccc14)c1ccccc1B3c1cc3c(cc1O2)N(c1c(-c2ccccc2)cccc1-c1cccc(-c2ccccc2)c1)c1cc(C(C)C)cc2c1B3c1ccc(-n3c4ccccc4c4ccccc43)cc1N2c1ccccc1. The Morgan fingerprint density at radius 2 is 0.847 bits per heavy atom. The first kappa shape index (κ1) is 56.4. The van der Waals surface area contributed by atoms with Crippen molar-refractivity contribution < 1.29 is 9.15 Å². The molecule has 8 heteroatoms. The number of nitrogens with zero attached hydrogens (tertiary/aromatic N) is 4. The maximum atomic E-state index is 7.84. The number of hydrogen-bond acceptors (Lipinski definition) is 5. The Kier molecular flexibility index (Phi) is 12.5. The summed E-state index contributed by atoms with van der Waals surface area (Å²) < 4.78 is 17.2. The first-order valence-electron chi connectivity index (χ1n) is 34.4. The molecule has 0 atom stereocenters. The predicted molar refractivity (Wildman–Crippen MR) is 412 cm³/mol. The second-order valence-electron chi connectivity index (χ2n) is 27.4. The largest absolute Gasteiger partial charge is 0.458 e. The molecule has 0 spiro atoms. The van der Waals surface area contributed by atoms with Gasteiger partial charge in [-0.05, 0) is 163 Å². The van der Waals surface area contributed by atoms with Crippen LogP contribution in [0.5, 0.6) is 11.5 Å². The minimum atomic E-state index is -0.237. The molecule has 0 bridgehead atoms. The summed E-state index contributed by atoms with van der Waals surface area (Å²) in [4.78, 5) is 7.70. The Morgan fingerprint density at radius 3 is 1.59 bits per heavy atom. The van der Waals surface area contributed by atoms with E-state index in [-0.39, 0.29) is 25.3 Å². The zero-order valence-corrected chi connectivity index (χ0v) is 54.8. The normalized spacial score (nSPS) is 13.3. The Bertz CT molecular complexity index is 5920. The fourth-order valence-corrected chi connectivity index (χ4v) is 16.8. The maximum Gasteiger partial charge on any atom is 0.256 e. The molecular formula is C90H64B2N4O2. The van der Waals surface area contributed by atoms with Crippen LogP contribution in [0.1, 0.15) is 50.7 Å². The van der Waals surface area contributed by atoms with Gasteiger partial charge in [0.15, 0.2) is 5.58 Å². The van der Waals surface area contributed by atoms with Gasteiger partial charge >= 0.3 is 0 Å². The van der Waals surface area contributed by atoms with Gasteiger partial charge in [0.05, 0.1) is 22.4 Å². The molecule has 6 heterocycles. The van der Waals surface area contributed by atoms with Crippen LogP contribution < -0.4 is 52.2 Å². The molecule has 462 valence electrons. The van der Waals surface area contributed by atoms with E-state index in [1.807, 2.05) is 0 Å². The standard InChI is InChI=1S/C90H64B2N4O2/c1-55(2)61-48-81-87-82(49-61)96(89-65(58-27-10-6-11-28-58)36-23-37-66(89)60-30-22-29-59(47-60)57-25-8-5-9-26-57)80-54-85-74(53-73(80)91(87)72-46-45-64(52-79(72)93(81)63-31-12-7-13-32-63)94-75-40-18-14-33-67(75)68-34-15-19-41-76(68)94)92-71-39-17-20-42-77(71)95(83-50-62(56(3)4)51-86(97-85)88(83)92)78-43-24-38-70-69-35-16-21-44-84(69)98-90(70)78/h5-56H,1-4H3. The second-order valence-corrected chi connectivity index (χ2v) is 27.4. The highest BCUT2D eigenvalue weighted by atomic mass is 16.5. The molecule has 4 aliphatic rings. The minimum absolute atomic E-state index is 0.171. The highest BCUT2D eigenvalue weighted by Gasteiger charge is 2.49. The van der Waals surface area contributed by atoms with Gasteiger partial charge in [-0.3, -0.25) is 0 Å². The van der Waals surface area contributed by atoms with Crippen molar-refractivity contribution in [1.82, 2.24) is 4.57 Å². The summed E-state index contributed by atoms with van der Waals surface area (Å²) in [6.07, 6.45) is 0. The first-order valence-corrected chi connectivity index (χ1v) is 34.4. The molecule has 98 heavy (non-hydrogen) atoms. The molecular weight excluding hydrogens is 1190 g/mol. The van der Waals surface area contributed by atoms with E-state index in [0.717, 1.165) is 129 Å². The summed E-state index contributed by atoms with van der Waals surface area (Å²) >= 11 is 0. The molecule has 0 aliphatic carbocycles. The second kappa shape index (κ2) is 21.8. The van der Waals surface area contributed by atoms with Gasteiger partial charge in [0.2, 0.25) is 0 Å². The number of ether oxygens (including phenoxy) is 1. The third-order valence-corrected chi connectivity index (χ3v) is 21.3. The van der Waals surface area contributed by atoms with Crippen LogP contribution >= 0.6 is 0 Å². The molecule has 0 radical (unpaired) electrons. The number of furan rings is 1. The third kappa shape index (κ3) is 8.37. The smallest absolute Gasteiger partial charge is 0.256 e. The van der Waals surface area contributed by atoms with Gasteiger partial charge < -0.3 is 28.4 Å². The van der Waals surface area contributed by atoms with Crippen LogP contribution in [0, 0.1) is 0 Å². The zero-order valence-electron chi connectivity index (χ0n) is 54.8. The Morgan fingerprint density at radius 1 is 0.306 bits per heavy atom. The van der Waals surface area contributed by atoms with E-state index >= 15 is 0 Å². The number of benzene rings is 14. The van der Waals surface area contributed by atoms with Crippen LogP contribution in [0.2, 0.25) is 0 Å². The number of rotatable bonds is 9. The molecule has 0 amide bonds. The van der Waals surface area contributed by atoms with E-state index in [4.69, 9.17) is 9.15 Å². The molecule has 0 unspecified atom stereocenters. The van der Waals surface area contributed by atoms with Crippen LogP contribution in [0.15, 0.2) is 308 Å². The summed E-state index contributed by atoms with van der Waals surface area (Å²) in [6, 6.07) is 113. The molecule has 0 saturated carbocycles. The monoisotopic (exact) mass is 1250 g/mol. The number of aromatic nitrogens is 1. The van der Waals surface area contributed by atoms with Gasteiger partial charge in [0.25, 0.3) is 13.4 Å². The third-order valence-electron chi connectivity index (χ3n) is 21.3. The number of fused-ring (bicyclic) bond motifs is 14. The van der Waals surface area contributed by atoms with Crippen LogP contribution in [-0.2, 0) is 0 Å². The van der Waals surface area contributed by atoms with E-state index in [9.17, 15) is 0 Å². The number of anilines is 9. The molecule has 0 saturated heterocycles. The minimum Gasteiger partial charge on any atom is -0.458 e. The van der Waals surface area contributed by atoms with E-state index in [0.29, 0.717) is 0 Å². The average Bonchev–Trinajstić information content (AvgIpc) is 0.905. The summed E-state index contributed by atoms with van der Waals surface area (Å²) in [5.41, 5.74) is 31.6. The molecule has 16 aromatic rings. The van der Waals surface area contributed by atoms with Gasteiger partial charge in [-0.2, -0.15) is 0 Å². The van der Waals surface area contributed by atoms with Crippen LogP contribution in [0.25, 0.3) is 82.8 Å². The Labute approximate surface area is 570 Å². The summed E-state index contributed by atoms with van der Waals surface area (Å²) in [7, 11) is 0. The van der Waals surface area contributed by atoms with Crippen molar-refractivity contribution in [2.24, 2.45) is 0 Å². The van der Waals surface area contributed by atoms with Crippen molar-refractivity contribution in [2.75, 3.05) is 14.7 Å². The molecule has 6 nitrogen and oxygen atoms in total. The van der Waals surface area contributed by atoms with Crippen molar-refractivity contribution in [2.45, 2.75) is 39.5 Å². The van der Waals surface area contributed by atoms with Crippen LogP contribution in [0.3, 0.4) is 0 Å². The summed E-state index contributed by atoms with van der Waals surface area (Å²) in [6.45, 7) is 8.83. The summed E-state index contributed by atoms with van der Waals surface area (Å²) in [5, 5.41) is 4.66. The first-order chi connectivity index (χ1) is 48.3. The molecule has 0 N–H and O–H groups in total. The van der Waals surface area contributed by atoms with E-state index in [2.05, 4.69) is 350 Å². The van der Waals surface area contributed by atoms with E-state index in [1.54, 1.807) is 0 Å². The van der Waals surface area contributed by atoms with Crippen LogP contribution in [0.4, 0.5) is 51.2 Å². The topological polar surface area (TPSA) is 37.0 Å². The van der Waals surface area contributed by atoms with Crippen molar-refractivity contribution in [1.29, 1.82) is 0 Å². The maximum absolute atomic E-state index is 7.84. The van der Waals surface area contributed by atoms with E-state index in [1.165, 1.54) is 60.3 Å². The van der Waals surface area contributed by atoms with Gasteiger partial charge in [0.1, 0.15) is 17.1 Å². The van der Waals surface area contributed by atoms with Crippen molar-refractivity contribution in [3.8, 4) is 50.6 Å². The highest BCUT2D eigenvalue weighted by Crippen LogP contribution is 2.53. The number of para-hydroxylation sites is 7. The van der Waals surface area contributed by atoms with Gasteiger partial charge in [-0.15, -0.1) is 0 Å². The molecule has 0 fully saturated rings. The van der Waals surface area contributed by atoms with Crippen molar-refractivity contribution >= 4 is 141 Å². The van der Waals surface area contributed by atoms with Crippen LogP contribution in [-0.4, -0.2) is 18.0 Å². The molecule has 4 aliphatic heterocycles. The lowest BCUT2D eigenvalue weighted by atomic mass is 9.30. The molecule has 14 aromatic carbocycles.